The summed E-state index contributed by atoms with van der Waals surface area (Å²) < 4.78 is 11.0. The number of hydrogen-bond acceptors (Lipinski definition) is 4. The second kappa shape index (κ2) is 9.93. The fourth-order valence-electron chi connectivity index (χ4n) is 2.53. The predicted octanol–water partition coefficient (Wildman–Crippen LogP) is 4.30. The first-order valence-corrected chi connectivity index (χ1v) is 9.33. The van der Waals surface area contributed by atoms with Crippen molar-refractivity contribution >= 4 is 23.6 Å². The van der Waals surface area contributed by atoms with Crippen LogP contribution in [-0.2, 0) is 9.59 Å². The quantitative estimate of drug-likeness (QED) is 0.550. The summed E-state index contributed by atoms with van der Waals surface area (Å²) in [5.41, 5.74) is 7.68. The molecule has 3 rings (SSSR count). The van der Waals surface area contributed by atoms with Crippen LogP contribution in [0.3, 0.4) is 0 Å². The zero-order valence-corrected chi connectivity index (χ0v) is 16.5. The molecule has 152 valence electrons. The maximum Gasteiger partial charge on any atom is 0.255 e. The van der Waals surface area contributed by atoms with Gasteiger partial charge >= 0.3 is 0 Å². The van der Waals surface area contributed by atoms with Gasteiger partial charge in [0, 0.05) is 11.8 Å². The SMILES string of the molecule is Cc1ccc(Oc2ccc(NC(=O)/C=C/c3ccc(OCC(N)=O)cc3)cc2)cc1. The van der Waals surface area contributed by atoms with E-state index in [-0.39, 0.29) is 12.5 Å². The number of benzene rings is 3. The van der Waals surface area contributed by atoms with E-state index >= 15 is 0 Å². The molecule has 0 atom stereocenters. The van der Waals surface area contributed by atoms with Crippen molar-refractivity contribution in [2.75, 3.05) is 11.9 Å². The van der Waals surface area contributed by atoms with Crippen LogP contribution in [0.5, 0.6) is 17.2 Å². The van der Waals surface area contributed by atoms with Gasteiger partial charge in [-0.1, -0.05) is 29.8 Å². The summed E-state index contributed by atoms with van der Waals surface area (Å²) in [6.07, 6.45) is 3.12. The van der Waals surface area contributed by atoms with E-state index in [1.807, 2.05) is 31.2 Å². The first-order chi connectivity index (χ1) is 14.5. The molecule has 0 heterocycles. The Morgan fingerprint density at radius 1 is 0.867 bits per heavy atom. The van der Waals surface area contributed by atoms with Crippen LogP contribution in [-0.4, -0.2) is 18.4 Å². The first-order valence-electron chi connectivity index (χ1n) is 9.33. The van der Waals surface area contributed by atoms with Crippen LogP contribution in [0.25, 0.3) is 6.08 Å². The van der Waals surface area contributed by atoms with Gasteiger partial charge in [0.25, 0.3) is 5.91 Å². The molecule has 0 aliphatic heterocycles. The molecule has 3 aromatic carbocycles. The van der Waals surface area contributed by atoms with Gasteiger partial charge in [-0.25, -0.2) is 0 Å². The van der Waals surface area contributed by atoms with E-state index < -0.39 is 5.91 Å². The Morgan fingerprint density at radius 2 is 1.43 bits per heavy atom. The lowest BCUT2D eigenvalue weighted by Gasteiger charge is -2.07. The Morgan fingerprint density at radius 3 is 2.03 bits per heavy atom. The van der Waals surface area contributed by atoms with E-state index in [1.165, 1.54) is 11.6 Å². The number of primary amides is 1. The molecule has 6 nitrogen and oxygen atoms in total. The molecule has 3 N–H and O–H groups in total. The van der Waals surface area contributed by atoms with Crippen molar-refractivity contribution in [3.63, 3.8) is 0 Å². The molecule has 0 aliphatic carbocycles. The number of anilines is 1. The smallest absolute Gasteiger partial charge is 0.255 e. The van der Waals surface area contributed by atoms with E-state index in [9.17, 15) is 9.59 Å². The molecule has 0 unspecified atom stereocenters. The fourth-order valence-corrected chi connectivity index (χ4v) is 2.53. The molecular formula is C24H22N2O4. The number of carbonyl (C=O) groups excluding carboxylic acids is 2. The normalized spacial score (nSPS) is 10.6. The zero-order valence-electron chi connectivity index (χ0n) is 16.5. The Labute approximate surface area is 174 Å². The number of hydrogen-bond donors (Lipinski definition) is 2. The van der Waals surface area contributed by atoms with E-state index in [2.05, 4.69) is 5.32 Å². The molecular weight excluding hydrogens is 380 g/mol. The minimum atomic E-state index is -0.537. The summed E-state index contributed by atoms with van der Waals surface area (Å²) >= 11 is 0. The Kier molecular flexibility index (Phi) is 6.84. The van der Waals surface area contributed by atoms with E-state index in [1.54, 1.807) is 54.6 Å². The van der Waals surface area contributed by atoms with Crippen molar-refractivity contribution in [1.82, 2.24) is 0 Å². The van der Waals surface area contributed by atoms with E-state index in [0.29, 0.717) is 17.2 Å². The summed E-state index contributed by atoms with van der Waals surface area (Å²) in [5, 5.41) is 2.80. The van der Waals surface area contributed by atoms with Crippen LogP contribution >= 0.6 is 0 Å². The summed E-state index contributed by atoms with van der Waals surface area (Å²) in [5.74, 6) is 1.18. The number of nitrogens with one attached hydrogen (secondary N) is 1. The molecule has 2 amide bonds. The van der Waals surface area contributed by atoms with Gasteiger partial charge in [0.05, 0.1) is 0 Å². The largest absolute Gasteiger partial charge is 0.484 e. The van der Waals surface area contributed by atoms with Crippen LogP contribution in [0.1, 0.15) is 11.1 Å². The first kappa shape index (κ1) is 20.7. The number of ether oxygens (including phenoxy) is 2. The predicted molar refractivity (Wildman–Crippen MR) is 116 cm³/mol. The molecule has 6 heteroatoms. The summed E-state index contributed by atoms with van der Waals surface area (Å²) in [6, 6.07) is 21.9. The van der Waals surface area contributed by atoms with E-state index in [0.717, 1.165) is 11.3 Å². The lowest BCUT2D eigenvalue weighted by Crippen LogP contribution is -2.19. The highest BCUT2D eigenvalue weighted by Crippen LogP contribution is 2.23. The van der Waals surface area contributed by atoms with Gasteiger partial charge < -0.3 is 20.5 Å². The number of carbonyl (C=O) groups is 2. The third-order valence-corrected chi connectivity index (χ3v) is 4.07. The third kappa shape index (κ3) is 6.53. The second-order valence-electron chi connectivity index (χ2n) is 6.59. The standard InChI is InChI=1S/C24H22N2O4/c1-17-2-9-21(10-3-17)30-22-13-7-19(8-14-22)26-24(28)15-6-18-4-11-20(12-5-18)29-16-23(25)27/h2-15H,16H2,1H3,(H2,25,27)(H,26,28)/b15-6+. The van der Waals surface area contributed by atoms with Crippen molar-refractivity contribution < 1.29 is 19.1 Å². The van der Waals surface area contributed by atoms with Crippen LogP contribution in [0, 0.1) is 6.92 Å². The molecule has 0 fully saturated rings. The van der Waals surface area contributed by atoms with Gasteiger partial charge in [-0.3, -0.25) is 9.59 Å². The van der Waals surface area contributed by atoms with Gasteiger partial charge in [0.1, 0.15) is 17.2 Å². The fraction of sp³-hybridized carbons (Fsp3) is 0.0833. The lowest BCUT2D eigenvalue weighted by atomic mass is 10.2. The number of aryl methyl sites for hydroxylation is 1. The van der Waals surface area contributed by atoms with Gasteiger partial charge in [-0.2, -0.15) is 0 Å². The van der Waals surface area contributed by atoms with Crippen LogP contribution in [0.4, 0.5) is 5.69 Å². The lowest BCUT2D eigenvalue weighted by molar-refractivity contribution is -0.120. The van der Waals surface area contributed by atoms with Crippen molar-refractivity contribution in [2.45, 2.75) is 6.92 Å². The van der Waals surface area contributed by atoms with Crippen LogP contribution < -0.4 is 20.5 Å². The van der Waals surface area contributed by atoms with Crippen LogP contribution in [0.15, 0.2) is 78.9 Å². The average molecular weight is 402 g/mol. The zero-order chi connectivity index (χ0) is 21.3. The van der Waals surface area contributed by atoms with Gasteiger partial charge in [-0.05, 0) is 67.1 Å². The van der Waals surface area contributed by atoms with Gasteiger partial charge in [-0.15, -0.1) is 0 Å². The van der Waals surface area contributed by atoms with Gasteiger partial charge in [0.2, 0.25) is 5.91 Å². The highest BCUT2D eigenvalue weighted by Gasteiger charge is 2.01. The number of nitrogens with two attached hydrogens (primary N) is 1. The monoisotopic (exact) mass is 402 g/mol. The second-order valence-corrected chi connectivity index (χ2v) is 6.59. The molecule has 0 bridgehead atoms. The number of amides is 2. The summed E-state index contributed by atoms with van der Waals surface area (Å²) in [6.45, 7) is 1.85. The third-order valence-electron chi connectivity index (χ3n) is 4.07. The Bertz CT molecular complexity index is 1020. The molecule has 0 radical (unpaired) electrons. The molecule has 0 aliphatic rings. The minimum absolute atomic E-state index is 0.174. The highest BCUT2D eigenvalue weighted by atomic mass is 16.5. The highest BCUT2D eigenvalue weighted by molar-refractivity contribution is 6.01. The Balaban J connectivity index is 1.51. The molecule has 0 saturated carbocycles. The average Bonchev–Trinajstić information content (AvgIpc) is 2.74. The van der Waals surface area contributed by atoms with Crippen molar-refractivity contribution in [3.05, 3.63) is 90.0 Å². The van der Waals surface area contributed by atoms with Crippen molar-refractivity contribution in [3.8, 4) is 17.2 Å². The topological polar surface area (TPSA) is 90.7 Å². The van der Waals surface area contributed by atoms with Crippen molar-refractivity contribution in [1.29, 1.82) is 0 Å². The molecule has 0 spiro atoms. The summed E-state index contributed by atoms with van der Waals surface area (Å²) in [7, 11) is 0. The molecule has 0 aromatic heterocycles. The molecule has 30 heavy (non-hydrogen) atoms. The summed E-state index contributed by atoms with van der Waals surface area (Å²) in [4.78, 5) is 22.8. The van der Waals surface area contributed by atoms with Crippen LogP contribution in [0.2, 0.25) is 0 Å². The number of rotatable bonds is 8. The van der Waals surface area contributed by atoms with E-state index in [4.69, 9.17) is 15.2 Å². The maximum absolute atomic E-state index is 12.1. The van der Waals surface area contributed by atoms with Crippen molar-refractivity contribution in [2.24, 2.45) is 5.73 Å². The maximum atomic E-state index is 12.1. The molecule has 3 aromatic rings. The van der Waals surface area contributed by atoms with Gasteiger partial charge in [0.15, 0.2) is 6.61 Å². The molecule has 0 saturated heterocycles. The minimum Gasteiger partial charge on any atom is -0.484 e. The Hall–Kier alpha value is -4.06.